The summed E-state index contributed by atoms with van der Waals surface area (Å²) in [5.41, 5.74) is 2.24. The molecule has 0 radical (unpaired) electrons. The molecule has 1 heterocycles. The van der Waals surface area contributed by atoms with E-state index in [2.05, 4.69) is 23.0 Å². The van der Waals surface area contributed by atoms with Crippen LogP contribution in [0.3, 0.4) is 0 Å². The molecular weight excluding hydrogens is 380 g/mol. The first-order chi connectivity index (χ1) is 11.6. The number of imidazole rings is 1. The van der Waals surface area contributed by atoms with Crippen LogP contribution < -0.4 is 21.5 Å². The van der Waals surface area contributed by atoms with E-state index in [0.29, 0.717) is 22.5 Å². The van der Waals surface area contributed by atoms with Crippen LogP contribution in [0, 0.1) is 6.92 Å². The highest BCUT2D eigenvalue weighted by atomic mass is 79.9. The fourth-order valence-corrected chi connectivity index (χ4v) is 3.50. The van der Waals surface area contributed by atoms with Crippen molar-refractivity contribution in [1.29, 1.82) is 0 Å². The van der Waals surface area contributed by atoms with Gasteiger partial charge in [-0.15, -0.1) is 0 Å². The molecule has 1 aliphatic carbocycles. The Balaban J connectivity index is 0.00000225. The summed E-state index contributed by atoms with van der Waals surface area (Å²) in [5, 5.41) is 0. The van der Waals surface area contributed by atoms with Crippen LogP contribution in [-0.2, 0) is 13.1 Å². The Morgan fingerprint density at radius 2 is 1.56 bits per heavy atom. The van der Waals surface area contributed by atoms with Crippen molar-refractivity contribution in [2.24, 2.45) is 0 Å². The molecule has 0 unspecified atom stereocenters. The maximum absolute atomic E-state index is 13.1. The van der Waals surface area contributed by atoms with Gasteiger partial charge in [0.05, 0.1) is 13.1 Å². The van der Waals surface area contributed by atoms with Crippen LogP contribution in [0.2, 0.25) is 0 Å². The molecule has 2 aromatic rings. The van der Waals surface area contributed by atoms with Crippen molar-refractivity contribution in [2.45, 2.75) is 59.5 Å². The van der Waals surface area contributed by atoms with Gasteiger partial charge in [-0.2, -0.15) is 0 Å². The monoisotopic (exact) mass is 404 g/mol. The lowest BCUT2D eigenvalue weighted by atomic mass is 9.90. The van der Waals surface area contributed by atoms with Gasteiger partial charge in [0.15, 0.2) is 0 Å². The van der Waals surface area contributed by atoms with Gasteiger partial charge in [0.1, 0.15) is 0 Å². The van der Waals surface area contributed by atoms with E-state index in [1.54, 1.807) is 12.1 Å². The molecule has 4 nitrogen and oxygen atoms in total. The first kappa shape index (κ1) is 19.6. The van der Waals surface area contributed by atoms with E-state index >= 15 is 0 Å². The number of benzene rings is 1. The molecule has 0 bridgehead atoms. The fourth-order valence-electron chi connectivity index (χ4n) is 3.50. The number of halogens is 1. The minimum atomic E-state index is -0.0188. The Labute approximate surface area is 159 Å². The zero-order valence-electron chi connectivity index (χ0n) is 15.1. The molecule has 1 aliphatic rings. The van der Waals surface area contributed by atoms with E-state index in [0.717, 1.165) is 44.6 Å². The quantitative estimate of drug-likeness (QED) is 0.560. The van der Waals surface area contributed by atoms with Crippen LogP contribution in [0.1, 0.15) is 77.5 Å². The summed E-state index contributed by atoms with van der Waals surface area (Å²) in [6, 6.07) is 7.18. The van der Waals surface area contributed by atoms with Crippen molar-refractivity contribution in [3.63, 3.8) is 0 Å². The highest BCUT2D eigenvalue weighted by molar-refractivity contribution is 6.26. The second-order valence-corrected chi connectivity index (χ2v) is 6.46. The van der Waals surface area contributed by atoms with Crippen molar-refractivity contribution in [1.82, 2.24) is 4.57 Å². The Morgan fingerprint density at radius 1 is 0.960 bits per heavy atom. The van der Waals surface area contributed by atoms with Gasteiger partial charge < -0.3 is 17.0 Å². The van der Waals surface area contributed by atoms with E-state index in [4.69, 9.17) is 0 Å². The normalized spacial score (nSPS) is 12.6. The molecule has 5 heteroatoms. The largest absolute Gasteiger partial charge is 1.00 e. The third kappa shape index (κ3) is 3.22. The summed E-state index contributed by atoms with van der Waals surface area (Å²) in [4.78, 5) is 26.2. The Morgan fingerprint density at radius 3 is 2.16 bits per heavy atom. The summed E-state index contributed by atoms with van der Waals surface area (Å²) in [7, 11) is 0. The van der Waals surface area contributed by atoms with Crippen LogP contribution in [0.4, 0.5) is 0 Å². The van der Waals surface area contributed by atoms with Gasteiger partial charge in [-0.1, -0.05) is 51.0 Å². The van der Waals surface area contributed by atoms with Crippen LogP contribution in [0.25, 0.3) is 0 Å². The number of fused-ring (bicyclic) bond motifs is 2. The molecule has 0 spiro atoms. The molecule has 0 saturated carbocycles. The number of nitrogens with zero attached hydrogens (tertiary/aromatic N) is 2. The summed E-state index contributed by atoms with van der Waals surface area (Å²) in [6.07, 6.45) is 4.11. The van der Waals surface area contributed by atoms with E-state index in [1.807, 2.05) is 19.1 Å². The van der Waals surface area contributed by atoms with Gasteiger partial charge in [-0.25, -0.2) is 9.13 Å². The third-order valence-electron chi connectivity index (χ3n) is 4.86. The molecule has 134 valence electrons. The van der Waals surface area contributed by atoms with Gasteiger partial charge in [-0.05, 0) is 12.8 Å². The molecule has 0 aliphatic heterocycles. The van der Waals surface area contributed by atoms with E-state index in [9.17, 15) is 9.59 Å². The molecular formula is C20H25BrN2O2. The lowest BCUT2D eigenvalue weighted by molar-refractivity contribution is -0.704. The second-order valence-electron chi connectivity index (χ2n) is 6.46. The van der Waals surface area contributed by atoms with Crippen molar-refractivity contribution in [3.05, 3.63) is 52.6 Å². The highest BCUT2D eigenvalue weighted by Gasteiger charge is 2.42. The van der Waals surface area contributed by atoms with Crippen molar-refractivity contribution in [2.75, 3.05) is 0 Å². The SMILES string of the molecule is CCCCn1c2c([n+](CCCC)c1C)C(=O)c1ccccc1C2=O.[Br-]. The van der Waals surface area contributed by atoms with Crippen LogP contribution in [-0.4, -0.2) is 16.1 Å². The molecule has 25 heavy (non-hydrogen) atoms. The Bertz CT molecular complexity index is 744. The predicted molar refractivity (Wildman–Crippen MR) is 92.5 cm³/mol. The smallest absolute Gasteiger partial charge is 0.254 e. The molecule has 0 saturated heterocycles. The number of carbonyl (C=O) groups is 2. The molecule has 0 N–H and O–H groups in total. The van der Waals surface area contributed by atoms with Gasteiger partial charge >= 0.3 is 0 Å². The average molecular weight is 405 g/mol. The van der Waals surface area contributed by atoms with Crippen molar-refractivity contribution in [3.8, 4) is 0 Å². The standard InChI is InChI=1S/C20H25N2O2.BrH/c1-4-6-12-21-14(3)22(13-7-5-2)18-17(21)19(23)15-10-8-9-11-16(15)20(18)24;/h8-11H,4-7,12-13H2,1-3H3;1H/q+1;/p-1. The van der Waals surface area contributed by atoms with E-state index in [-0.39, 0.29) is 28.5 Å². The maximum atomic E-state index is 13.1. The molecule has 0 atom stereocenters. The number of unbranched alkanes of at least 4 members (excludes halogenated alkanes) is 2. The fraction of sp³-hybridized carbons (Fsp3) is 0.450. The third-order valence-corrected chi connectivity index (χ3v) is 4.86. The van der Waals surface area contributed by atoms with Gasteiger partial charge in [0.2, 0.25) is 23.0 Å². The average Bonchev–Trinajstić information content (AvgIpc) is 2.88. The minimum Gasteiger partial charge on any atom is -1.00 e. The number of carbonyl (C=O) groups excluding carboxylic acids is 2. The predicted octanol–water partition coefficient (Wildman–Crippen LogP) is 0.464. The lowest BCUT2D eigenvalue weighted by Gasteiger charge is -2.12. The van der Waals surface area contributed by atoms with E-state index in [1.165, 1.54) is 0 Å². The number of rotatable bonds is 6. The zero-order valence-corrected chi connectivity index (χ0v) is 16.7. The van der Waals surface area contributed by atoms with Crippen molar-refractivity contribution >= 4 is 11.6 Å². The molecule has 1 aromatic heterocycles. The Kier molecular flexibility index (Phi) is 6.33. The van der Waals surface area contributed by atoms with Crippen LogP contribution >= 0.6 is 0 Å². The minimum absolute atomic E-state index is 0. The number of hydrogen-bond acceptors (Lipinski definition) is 2. The topological polar surface area (TPSA) is 43.0 Å². The van der Waals surface area contributed by atoms with Gasteiger partial charge in [-0.3, -0.25) is 9.59 Å². The van der Waals surface area contributed by atoms with Crippen LogP contribution in [0.15, 0.2) is 24.3 Å². The first-order valence-corrected chi connectivity index (χ1v) is 8.93. The van der Waals surface area contributed by atoms with Gasteiger partial charge in [0, 0.05) is 18.1 Å². The molecule has 3 rings (SSSR count). The molecule has 0 amide bonds. The second kappa shape index (κ2) is 8.09. The summed E-state index contributed by atoms with van der Waals surface area (Å²) in [6.45, 7) is 7.86. The van der Waals surface area contributed by atoms with E-state index < -0.39 is 0 Å². The number of ketones is 2. The van der Waals surface area contributed by atoms with Crippen molar-refractivity contribution < 1.29 is 31.1 Å². The van der Waals surface area contributed by atoms with Crippen LogP contribution in [0.5, 0.6) is 0 Å². The van der Waals surface area contributed by atoms with Gasteiger partial charge in [0.25, 0.3) is 5.82 Å². The number of aromatic nitrogens is 2. The summed E-state index contributed by atoms with van der Waals surface area (Å²) >= 11 is 0. The number of hydrogen-bond donors (Lipinski definition) is 0. The summed E-state index contributed by atoms with van der Waals surface area (Å²) in [5.74, 6) is 0.973. The lowest BCUT2D eigenvalue weighted by Crippen LogP contribution is -3.00. The zero-order chi connectivity index (χ0) is 17.3. The molecule has 0 fully saturated rings. The summed E-state index contributed by atoms with van der Waals surface area (Å²) < 4.78 is 4.12. The Hall–Kier alpha value is -1.75. The maximum Gasteiger partial charge on any atom is 0.254 e. The first-order valence-electron chi connectivity index (χ1n) is 8.93. The molecule has 1 aromatic carbocycles. The highest BCUT2D eigenvalue weighted by Crippen LogP contribution is 2.27.